The molecule has 3 rings (SSSR count). The van der Waals surface area contributed by atoms with Crippen molar-refractivity contribution in [3.63, 3.8) is 0 Å². The zero-order valence-corrected chi connectivity index (χ0v) is 14.3. The summed E-state index contributed by atoms with van der Waals surface area (Å²) in [5.74, 6) is 0.209. The summed E-state index contributed by atoms with van der Waals surface area (Å²) < 4.78 is 26.6. The molecule has 0 aliphatic carbocycles. The van der Waals surface area contributed by atoms with Crippen molar-refractivity contribution in [2.75, 3.05) is 10.5 Å². The summed E-state index contributed by atoms with van der Waals surface area (Å²) in [6.07, 6.45) is 2.35. The molecule has 0 saturated carbocycles. The second-order valence-electron chi connectivity index (χ2n) is 5.56. The number of rotatable bonds is 5. The van der Waals surface area contributed by atoms with Gasteiger partial charge in [-0.2, -0.15) is 5.10 Å². The Morgan fingerprint density at radius 1 is 1.21 bits per heavy atom. The lowest BCUT2D eigenvalue weighted by molar-refractivity contribution is 0.474. The Hall–Kier alpha value is -2.54. The number of fused-ring (bicyclic) bond motifs is 1. The minimum absolute atomic E-state index is 0.00398. The SMILES string of the molecule is CCc1cc(O)ccc1-c1cc(NS(=O)(=O)CC)c2cn[nH]c2c1. The highest BCUT2D eigenvalue weighted by atomic mass is 32.2. The first-order valence-corrected chi connectivity index (χ1v) is 9.38. The van der Waals surface area contributed by atoms with Crippen LogP contribution in [0.25, 0.3) is 22.0 Å². The summed E-state index contributed by atoms with van der Waals surface area (Å²) in [5, 5.41) is 17.3. The van der Waals surface area contributed by atoms with Crippen molar-refractivity contribution < 1.29 is 13.5 Å². The van der Waals surface area contributed by atoms with E-state index in [1.54, 1.807) is 31.3 Å². The first kappa shape index (κ1) is 16.3. The lowest BCUT2D eigenvalue weighted by Crippen LogP contribution is -2.14. The van der Waals surface area contributed by atoms with Gasteiger partial charge in [0.25, 0.3) is 0 Å². The van der Waals surface area contributed by atoms with Crippen LogP contribution in [0.5, 0.6) is 5.75 Å². The minimum atomic E-state index is -3.39. The maximum atomic E-state index is 12.0. The molecule has 0 aliphatic heterocycles. The van der Waals surface area contributed by atoms with E-state index in [0.717, 1.165) is 28.6 Å². The quantitative estimate of drug-likeness (QED) is 0.661. The van der Waals surface area contributed by atoms with E-state index >= 15 is 0 Å². The van der Waals surface area contributed by atoms with E-state index in [0.29, 0.717) is 11.1 Å². The summed E-state index contributed by atoms with van der Waals surface area (Å²) in [6.45, 7) is 3.60. The number of sulfonamides is 1. The van der Waals surface area contributed by atoms with Crippen LogP contribution in [0.2, 0.25) is 0 Å². The number of nitrogens with one attached hydrogen (secondary N) is 2. The number of aromatic nitrogens is 2. The number of hydrogen-bond donors (Lipinski definition) is 3. The van der Waals surface area contributed by atoms with E-state index in [1.807, 2.05) is 19.1 Å². The average molecular weight is 345 g/mol. The molecule has 2 aromatic carbocycles. The monoisotopic (exact) mass is 345 g/mol. The molecule has 0 bridgehead atoms. The maximum Gasteiger partial charge on any atom is 0.232 e. The van der Waals surface area contributed by atoms with Gasteiger partial charge in [-0.25, -0.2) is 8.42 Å². The lowest BCUT2D eigenvalue weighted by atomic mass is 9.96. The Labute approximate surface area is 140 Å². The Morgan fingerprint density at radius 3 is 2.71 bits per heavy atom. The number of H-pyrrole nitrogens is 1. The number of anilines is 1. The molecule has 6 nitrogen and oxygen atoms in total. The molecule has 0 radical (unpaired) electrons. The summed E-state index contributed by atoms with van der Waals surface area (Å²) in [5.41, 5.74) is 4.03. The summed E-state index contributed by atoms with van der Waals surface area (Å²) >= 11 is 0. The second-order valence-corrected chi connectivity index (χ2v) is 7.57. The van der Waals surface area contributed by atoms with Crippen molar-refractivity contribution in [3.8, 4) is 16.9 Å². The van der Waals surface area contributed by atoms with Gasteiger partial charge in [0, 0.05) is 5.39 Å². The fraction of sp³-hybridized carbons (Fsp3) is 0.235. The molecule has 24 heavy (non-hydrogen) atoms. The van der Waals surface area contributed by atoms with Crippen molar-refractivity contribution in [2.45, 2.75) is 20.3 Å². The molecule has 3 aromatic rings. The molecule has 0 atom stereocenters. The molecule has 3 N–H and O–H groups in total. The average Bonchev–Trinajstić information content (AvgIpc) is 3.03. The Balaban J connectivity index is 2.20. The van der Waals surface area contributed by atoms with Crippen molar-refractivity contribution in [3.05, 3.63) is 42.1 Å². The van der Waals surface area contributed by atoms with Crippen molar-refractivity contribution in [1.29, 1.82) is 0 Å². The lowest BCUT2D eigenvalue weighted by Gasteiger charge is -2.13. The zero-order chi connectivity index (χ0) is 17.3. The largest absolute Gasteiger partial charge is 0.508 e. The fourth-order valence-corrected chi connectivity index (χ4v) is 3.33. The second kappa shape index (κ2) is 6.16. The van der Waals surface area contributed by atoms with Crippen LogP contribution in [0.4, 0.5) is 5.69 Å². The van der Waals surface area contributed by atoms with Gasteiger partial charge in [0.15, 0.2) is 0 Å². The van der Waals surface area contributed by atoms with Crippen LogP contribution in [0.1, 0.15) is 19.4 Å². The number of benzene rings is 2. The van der Waals surface area contributed by atoms with E-state index in [2.05, 4.69) is 14.9 Å². The number of aromatic hydroxyl groups is 1. The highest BCUT2D eigenvalue weighted by Gasteiger charge is 2.14. The van der Waals surface area contributed by atoms with Crippen LogP contribution in [0.3, 0.4) is 0 Å². The normalized spacial score (nSPS) is 11.8. The molecule has 1 heterocycles. The number of aromatic amines is 1. The maximum absolute atomic E-state index is 12.0. The van der Waals surface area contributed by atoms with E-state index in [1.165, 1.54) is 0 Å². The fourth-order valence-electron chi connectivity index (χ4n) is 2.69. The highest BCUT2D eigenvalue weighted by Crippen LogP contribution is 2.33. The third kappa shape index (κ3) is 3.07. The van der Waals surface area contributed by atoms with Crippen molar-refractivity contribution in [2.24, 2.45) is 0 Å². The topological polar surface area (TPSA) is 95.1 Å². The number of nitrogens with zero attached hydrogens (tertiary/aromatic N) is 1. The molecule has 0 unspecified atom stereocenters. The van der Waals surface area contributed by atoms with Crippen LogP contribution in [0.15, 0.2) is 36.5 Å². The van der Waals surface area contributed by atoms with E-state index in [4.69, 9.17) is 0 Å². The van der Waals surface area contributed by atoms with Gasteiger partial charge in [0.1, 0.15) is 5.75 Å². The zero-order valence-electron chi connectivity index (χ0n) is 13.5. The minimum Gasteiger partial charge on any atom is -0.508 e. The predicted octanol–water partition coefficient (Wildman–Crippen LogP) is 3.26. The molecule has 0 saturated heterocycles. The molecular formula is C17H19N3O3S. The van der Waals surface area contributed by atoms with Crippen molar-refractivity contribution in [1.82, 2.24) is 10.2 Å². The highest BCUT2D eigenvalue weighted by molar-refractivity contribution is 7.92. The van der Waals surface area contributed by atoms with Gasteiger partial charge in [-0.05, 0) is 54.3 Å². The molecular weight excluding hydrogens is 326 g/mol. The molecule has 0 fully saturated rings. The smallest absolute Gasteiger partial charge is 0.232 e. The molecule has 126 valence electrons. The number of phenolic OH excluding ortho intramolecular Hbond substituents is 1. The van der Waals surface area contributed by atoms with Crippen LogP contribution in [-0.4, -0.2) is 29.5 Å². The van der Waals surface area contributed by atoms with Gasteiger partial charge in [-0.1, -0.05) is 13.0 Å². The first-order valence-electron chi connectivity index (χ1n) is 7.73. The van der Waals surface area contributed by atoms with Crippen LogP contribution < -0.4 is 4.72 Å². The van der Waals surface area contributed by atoms with Crippen molar-refractivity contribution >= 4 is 26.6 Å². The van der Waals surface area contributed by atoms with E-state index in [9.17, 15) is 13.5 Å². The summed E-state index contributed by atoms with van der Waals surface area (Å²) in [6, 6.07) is 8.92. The summed E-state index contributed by atoms with van der Waals surface area (Å²) in [7, 11) is -3.39. The summed E-state index contributed by atoms with van der Waals surface area (Å²) in [4.78, 5) is 0. The Kier molecular flexibility index (Phi) is 4.19. The van der Waals surface area contributed by atoms with Crippen LogP contribution in [-0.2, 0) is 16.4 Å². The van der Waals surface area contributed by atoms with Gasteiger partial charge in [-0.15, -0.1) is 0 Å². The van der Waals surface area contributed by atoms with Gasteiger partial charge in [0.05, 0.1) is 23.2 Å². The van der Waals surface area contributed by atoms with Gasteiger partial charge < -0.3 is 5.11 Å². The van der Waals surface area contributed by atoms with Gasteiger partial charge in [0.2, 0.25) is 10.0 Å². The molecule has 0 spiro atoms. The predicted molar refractivity (Wildman–Crippen MR) is 95.7 cm³/mol. The van der Waals surface area contributed by atoms with E-state index in [-0.39, 0.29) is 11.5 Å². The molecule has 1 aromatic heterocycles. The number of phenols is 1. The Bertz CT molecular complexity index is 993. The van der Waals surface area contributed by atoms with Gasteiger partial charge >= 0.3 is 0 Å². The standard InChI is InChI=1S/C17H19N3O3S/c1-3-11-7-13(21)5-6-14(11)12-8-16-15(10-18-19-16)17(9-12)20-24(22,23)4-2/h5-10,20-21H,3-4H2,1-2H3,(H,18,19). The van der Waals surface area contributed by atoms with Gasteiger partial charge in [-0.3, -0.25) is 9.82 Å². The number of hydrogen-bond acceptors (Lipinski definition) is 4. The molecule has 0 amide bonds. The third-order valence-corrected chi connectivity index (χ3v) is 5.28. The van der Waals surface area contributed by atoms with E-state index < -0.39 is 10.0 Å². The Morgan fingerprint density at radius 2 is 2.00 bits per heavy atom. The first-order chi connectivity index (χ1) is 11.4. The third-order valence-electron chi connectivity index (χ3n) is 3.98. The molecule has 0 aliphatic rings. The molecule has 7 heteroatoms. The van der Waals surface area contributed by atoms with Crippen LogP contribution in [0, 0.1) is 0 Å². The van der Waals surface area contributed by atoms with Crippen LogP contribution >= 0.6 is 0 Å². The number of aryl methyl sites for hydroxylation is 1.